The van der Waals surface area contributed by atoms with Crippen LogP contribution in [0.2, 0.25) is 0 Å². The van der Waals surface area contributed by atoms with Crippen LogP contribution in [0.15, 0.2) is 0 Å². The van der Waals surface area contributed by atoms with Crippen molar-refractivity contribution in [1.82, 2.24) is 0 Å². The molecule has 0 radical (unpaired) electrons. The van der Waals surface area contributed by atoms with Gasteiger partial charge in [0.15, 0.2) is 0 Å². The van der Waals surface area contributed by atoms with Gasteiger partial charge < -0.3 is 4.74 Å². The molecule has 9 heteroatoms. The summed E-state index contributed by atoms with van der Waals surface area (Å²) < 4.78 is 99.2. The fraction of sp³-hybridized carbons (Fsp3) is 1.00. The lowest BCUT2D eigenvalue weighted by Crippen LogP contribution is -2.43. The lowest BCUT2D eigenvalue weighted by atomic mass is 10.2. The van der Waals surface area contributed by atoms with E-state index in [4.69, 9.17) is 0 Å². The third-order valence-electron chi connectivity index (χ3n) is 1.54. The Labute approximate surface area is 85.4 Å². The average molecular weight is 260 g/mol. The van der Waals surface area contributed by atoms with Crippen LogP contribution in [0.25, 0.3) is 0 Å². The Hall–Kier alpha value is -0.600. The molecule has 1 nitrogen and oxygen atoms in total. The van der Waals surface area contributed by atoms with Crippen molar-refractivity contribution in [2.45, 2.75) is 31.1 Å². The Morgan fingerprint density at radius 2 is 1.44 bits per heavy atom. The molecule has 0 aliphatic carbocycles. The van der Waals surface area contributed by atoms with E-state index in [-0.39, 0.29) is 6.92 Å². The maximum absolute atomic E-state index is 12.4. The van der Waals surface area contributed by atoms with Gasteiger partial charge in [-0.15, -0.1) is 0 Å². The van der Waals surface area contributed by atoms with Crippen LogP contribution in [-0.4, -0.2) is 37.4 Å². The van der Waals surface area contributed by atoms with Crippen LogP contribution in [0.4, 0.5) is 35.1 Å². The molecule has 0 heterocycles. The van der Waals surface area contributed by atoms with E-state index in [9.17, 15) is 35.1 Å². The maximum Gasteiger partial charge on any atom is 0.421 e. The van der Waals surface area contributed by atoms with Gasteiger partial charge in [-0.2, -0.15) is 22.0 Å². The van der Waals surface area contributed by atoms with Crippen molar-refractivity contribution in [1.29, 1.82) is 0 Å². The van der Waals surface area contributed by atoms with Crippen LogP contribution in [-0.2, 0) is 4.74 Å². The number of hydrogen-bond acceptors (Lipinski definition) is 1. The highest BCUT2D eigenvalue weighted by atomic mass is 19.4. The Kier molecular flexibility index (Phi) is 4.55. The van der Waals surface area contributed by atoms with E-state index in [1.807, 2.05) is 0 Å². The zero-order valence-corrected chi connectivity index (χ0v) is 7.92. The summed E-state index contributed by atoms with van der Waals surface area (Å²) >= 11 is 0. The van der Waals surface area contributed by atoms with E-state index in [1.54, 1.807) is 0 Å². The zero-order chi connectivity index (χ0) is 13.2. The molecule has 16 heavy (non-hydrogen) atoms. The van der Waals surface area contributed by atoms with E-state index in [1.165, 1.54) is 0 Å². The molecule has 0 fully saturated rings. The van der Waals surface area contributed by atoms with Crippen molar-refractivity contribution in [2.24, 2.45) is 0 Å². The SMILES string of the molecule is CC(F)(F)C(F)(F)COCC(F)C(F)(F)F. The van der Waals surface area contributed by atoms with Crippen molar-refractivity contribution in [3.05, 3.63) is 0 Å². The molecule has 1 atom stereocenters. The Morgan fingerprint density at radius 3 is 1.75 bits per heavy atom. The number of ether oxygens (including phenoxy) is 1. The monoisotopic (exact) mass is 260 g/mol. The van der Waals surface area contributed by atoms with Crippen molar-refractivity contribution in [3.8, 4) is 0 Å². The zero-order valence-electron chi connectivity index (χ0n) is 7.92. The first-order chi connectivity index (χ1) is 6.88. The second kappa shape index (κ2) is 4.72. The van der Waals surface area contributed by atoms with Gasteiger partial charge in [0.25, 0.3) is 0 Å². The van der Waals surface area contributed by atoms with Gasteiger partial charge in [-0.05, 0) is 0 Å². The quantitative estimate of drug-likeness (QED) is 0.690. The van der Waals surface area contributed by atoms with Crippen molar-refractivity contribution < 1.29 is 39.9 Å². The topological polar surface area (TPSA) is 9.23 Å². The highest BCUT2D eigenvalue weighted by Crippen LogP contribution is 2.34. The van der Waals surface area contributed by atoms with Gasteiger partial charge in [0.05, 0.1) is 6.61 Å². The summed E-state index contributed by atoms with van der Waals surface area (Å²) in [5.74, 6) is -9.09. The van der Waals surface area contributed by atoms with Crippen molar-refractivity contribution >= 4 is 0 Å². The number of hydrogen-bond donors (Lipinski definition) is 0. The first-order valence-corrected chi connectivity index (χ1v) is 3.92. The van der Waals surface area contributed by atoms with Gasteiger partial charge in [-0.3, -0.25) is 0 Å². The van der Waals surface area contributed by atoms with Gasteiger partial charge in [0, 0.05) is 6.92 Å². The molecule has 0 aromatic carbocycles. The van der Waals surface area contributed by atoms with Crippen LogP contribution < -0.4 is 0 Å². The molecule has 0 rings (SSSR count). The summed E-state index contributed by atoms with van der Waals surface area (Å²) in [4.78, 5) is 0. The largest absolute Gasteiger partial charge is 0.421 e. The van der Waals surface area contributed by atoms with Gasteiger partial charge in [0.2, 0.25) is 6.17 Å². The fourth-order valence-corrected chi connectivity index (χ4v) is 0.512. The third kappa shape index (κ3) is 4.50. The minimum absolute atomic E-state index is 0.118. The summed E-state index contributed by atoms with van der Waals surface area (Å²) in [7, 11) is 0. The van der Waals surface area contributed by atoms with Gasteiger partial charge >= 0.3 is 18.0 Å². The Bertz CT molecular complexity index is 217. The summed E-state index contributed by atoms with van der Waals surface area (Å²) in [6, 6.07) is 0. The predicted octanol–water partition coefficient (Wildman–Crippen LogP) is 3.19. The van der Waals surface area contributed by atoms with Crippen LogP contribution >= 0.6 is 0 Å². The minimum Gasteiger partial charge on any atom is -0.372 e. The standard InChI is InChI=1S/C7H8F8O/c1-5(9,10)6(11,12)3-16-2-4(8)7(13,14)15/h4H,2-3H2,1H3. The summed E-state index contributed by atoms with van der Waals surface area (Å²) in [5.41, 5.74) is 0. The van der Waals surface area contributed by atoms with Crippen LogP contribution in [0.1, 0.15) is 6.92 Å². The van der Waals surface area contributed by atoms with Gasteiger partial charge in [-0.25, -0.2) is 13.2 Å². The molecule has 0 N–H and O–H groups in total. The molecular formula is C7H8F8O. The van der Waals surface area contributed by atoms with E-state index in [2.05, 4.69) is 4.74 Å². The molecule has 0 saturated heterocycles. The Balaban J connectivity index is 4.10. The number of halogens is 8. The summed E-state index contributed by atoms with van der Waals surface area (Å²) in [6.45, 7) is -3.84. The average Bonchev–Trinajstić information content (AvgIpc) is 1.99. The molecule has 0 aromatic heterocycles. The van der Waals surface area contributed by atoms with E-state index >= 15 is 0 Å². The molecule has 0 saturated carbocycles. The van der Waals surface area contributed by atoms with E-state index in [0.717, 1.165) is 0 Å². The fourth-order valence-electron chi connectivity index (χ4n) is 0.512. The smallest absolute Gasteiger partial charge is 0.372 e. The van der Waals surface area contributed by atoms with Crippen LogP contribution in [0.3, 0.4) is 0 Å². The predicted molar refractivity (Wildman–Crippen MR) is 37.3 cm³/mol. The third-order valence-corrected chi connectivity index (χ3v) is 1.54. The minimum atomic E-state index is -5.26. The molecule has 0 bridgehead atoms. The van der Waals surface area contributed by atoms with Gasteiger partial charge in [0.1, 0.15) is 6.61 Å². The molecule has 0 amide bonds. The second-order valence-corrected chi connectivity index (χ2v) is 3.12. The molecule has 0 aliphatic rings. The highest BCUT2D eigenvalue weighted by molar-refractivity contribution is 4.80. The normalized spacial score (nSPS) is 16.3. The highest BCUT2D eigenvalue weighted by Gasteiger charge is 2.52. The Morgan fingerprint density at radius 1 is 1.00 bits per heavy atom. The van der Waals surface area contributed by atoms with Crippen LogP contribution in [0.5, 0.6) is 0 Å². The molecule has 0 aromatic rings. The lowest BCUT2D eigenvalue weighted by molar-refractivity contribution is -0.236. The van der Waals surface area contributed by atoms with E-state index in [0.29, 0.717) is 0 Å². The van der Waals surface area contributed by atoms with Crippen molar-refractivity contribution in [3.63, 3.8) is 0 Å². The van der Waals surface area contributed by atoms with E-state index < -0.39 is 37.4 Å². The summed E-state index contributed by atoms with van der Waals surface area (Å²) in [6.07, 6.45) is -8.74. The lowest BCUT2D eigenvalue weighted by Gasteiger charge is -2.23. The maximum atomic E-state index is 12.4. The second-order valence-electron chi connectivity index (χ2n) is 3.12. The van der Waals surface area contributed by atoms with Crippen LogP contribution in [0, 0.1) is 0 Å². The first kappa shape index (κ1) is 15.4. The molecule has 0 aliphatic heterocycles. The molecule has 0 spiro atoms. The summed E-state index contributed by atoms with van der Waals surface area (Å²) in [5, 5.41) is 0. The molecular weight excluding hydrogens is 252 g/mol. The number of alkyl halides is 8. The van der Waals surface area contributed by atoms with Crippen molar-refractivity contribution in [2.75, 3.05) is 13.2 Å². The molecule has 1 unspecified atom stereocenters. The first-order valence-electron chi connectivity index (χ1n) is 3.92. The molecule has 98 valence electrons. The number of rotatable bonds is 5. The van der Waals surface area contributed by atoms with Gasteiger partial charge in [-0.1, -0.05) is 0 Å².